The van der Waals surface area contributed by atoms with Crippen LogP contribution in [-0.4, -0.2) is 39.2 Å². The molecule has 0 fully saturated rings. The Balaban J connectivity index is 2.06. The van der Waals surface area contributed by atoms with Crippen molar-refractivity contribution in [3.05, 3.63) is 24.5 Å². The van der Waals surface area contributed by atoms with Crippen molar-refractivity contribution >= 4 is 35.3 Å². The third-order valence-corrected chi connectivity index (χ3v) is 2.60. The summed E-state index contributed by atoms with van der Waals surface area (Å²) in [6, 6.07) is 4.54. The van der Waals surface area contributed by atoms with Crippen LogP contribution in [0.5, 0.6) is 5.75 Å². The summed E-state index contributed by atoms with van der Waals surface area (Å²) in [6.07, 6.45) is 0.519. The van der Waals surface area contributed by atoms with E-state index in [-0.39, 0.29) is 29.2 Å². The molecular weight excluding hydrogens is 318 g/mol. The zero-order chi connectivity index (χ0) is 17.5. The molecule has 0 atom stereocenters. The van der Waals surface area contributed by atoms with Crippen molar-refractivity contribution in [2.75, 3.05) is 23.2 Å². The maximum atomic E-state index is 11.0. The zero-order valence-corrected chi connectivity index (χ0v) is 12.8. The molecule has 0 unspecified atom stereocenters. The van der Waals surface area contributed by atoms with E-state index in [1.165, 1.54) is 32.5 Å². The van der Waals surface area contributed by atoms with Crippen LogP contribution in [0.1, 0.15) is 6.92 Å². The summed E-state index contributed by atoms with van der Waals surface area (Å²) in [5.74, 6) is -0.157. The van der Waals surface area contributed by atoms with Gasteiger partial charge in [-0.2, -0.15) is 9.97 Å². The second-order valence-corrected chi connectivity index (χ2v) is 4.41. The third kappa shape index (κ3) is 4.69. The van der Waals surface area contributed by atoms with E-state index >= 15 is 0 Å². The second kappa shape index (κ2) is 7.58. The van der Waals surface area contributed by atoms with Gasteiger partial charge in [-0.1, -0.05) is 0 Å². The largest absolute Gasteiger partial charge is 0.506 e. The number of benzene rings is 1. The van der Waals surface area contributed by atoms with Gasteiger partial charge in [-0.25, -0.2) is 15.2 Å². The fourth-order valence-electron chi connectivity index (χ4n) is 1.61. The molecule has 2 amide bonds. The van der Waals surface area contributed by atoms with E-state index in [1.807, 2.05) is 0 Å². The van der Waals surface area contributed by atoms with Crippen molar-refractivity contribution in [2.24, 2.45) is 0 Å². The standard InChI is InChI=1S/C13H15N7O4/c1-7(21)16-9-4-3-8(5-10(9)22)17-11-14-6-15-12(18-11)19-20-13(23)24-2/h3-6,22H,1-2H3,(H,16,21)(H,20,23)(H2,14,15,17,18,19). The van der Waals surface area contributed by atoms with E-state index < -0.39 is 6.09 Å². The highest BCUT2D eigenvalue weighted by molar-refractivity contribution is 5.90. The summed E-state index contributed by atoms with van der Waals surface area (Å²) in [5, 5.41) is 15.2. The molecule has 0 bridgehead atoms. The van der Waals surface area contributed by atoms with Crippen LogP contribution in [0.15, 0.2) is 24.5 Å². The van der Waals surface area contributed by atoms with Crippen LogP contribution in [-0.2, 0) is 9.53 Å². The number of aromatic hydroxyl groups is 1. The van der Waals surface area contributed by atoms with Crippen molar-refractivity contribution in [2.45, 2.75) is 6.92 Å². The molecule has 0 aliphatic carbocycles. The van der Waals surface area contributed by atoms with Gasteiger partial charge in [-0.3, -0.25) is 10.2 Å². The molecule has 0 saturated carbocycles. The molecule has 11 heteroatoms. The van der Waals surface area contributed by atoms with Crippen LogP contribution in [0, 0.1) is 0 Å². The fraction of sp³-hybridized carbons (Fsp3) is 0.154. The molecular formula is C13H15N7O4. The highest BCUT2D eigenvalue weighted by atomic mass is 16.5. The number of anilines is 4. The maximum Gasteiger partial charge on any atom is 0.425 e. The number of nitrogens with one attached hydrogen (secondary N) is 4. The van der Waals surface area contributed by atoms with Crippen molar-refractivity contribution < 1.29 is 19.4 Å². The lowest BCUT2D eigenvalue weighted by molar-refractivity contribution is -0.114. The number of hydrogen-bond acceptors (Lipinski definition) is 9. The zero-order valence-electron chi connectivity index (χ0n) is 12.8. The molecule has 0 aliphatic rings. The van der Waals surface area contributed by atoms with Crippen LogP contribution >= 0.6 is 0 Å². The molecule has 1 heterocycles. The Hall–Kier alpha value is -3.63. The Morgan fingerprint density at radius 2 is 1.96 bits per heavy atom. The average molecular weight is 333 g/mol. The van der Waals surface area contributed by atoms with Crippen LogP contribution in [0.4, 0.5) is 28.1 Å². The topological polar surface area (TPSA) is 150 Å². The highest BCUT2D eigenvalue weighted by Gasteiger charge is 2.07. The lowest BCUT2D eigenvalue weighted by atomic mass is 10.2. The van der Waals surface area contributed by atoms with Crippen molar-refractivity contribution in [1.82, 2.24) is 20.4 Å². The Bertz CT molecular complexity index is 753. The van der Waals surface area contributed by atoms with Gasteiger partial charge in [0.1, 0.15) is 12.1 Å². The summed E-state index contributed by atoms with van der Waals surface area (Å²) in [6.45, 7) is 1.34. The van der Waals surface area contributed by atoms with Crippen LogP contribution in [0.2, 0.25) is 0 Å². The first-order valence-corrected chi connectivity index (χ1v) is 6.64. The molecule has 11 nitrogen and oxygen atoms in total. The molecule has 1 aromatic carbocycles. The number of amides is 2. The molecule has 2 rings (SSSR count). The molecule has 5 N–H and O–H groups in total. The quantitative estimate of drug-likeness (QED) is 0.398. The SMILES string of the molecule is COC(=O)NNc1ncnc(Nc2ccc(NC(C)=O)c(O)c2)n1. The lowest BCUT2D eigenvalue weighted by Crippen LogP contribution is -2.30. The van der Waals surface area contributed by atoms with Crippen molar-refractivity contribution in [3.63, 3.8) is 0 Å². The summed E-state index contributed by atoms with van der Waals surface area (Å²) in [7, 11) is 1.22. The summed E-state index contributed by atoms with van der Waals surface area (Å²) in [5.41, 5.74) is 5.41. The van der Waals surface area contributed by atoms with E-state index in [1.54, 1.807) is 6.07 Å². The van der Waals surface area contributed by atoms with E-state index in [0.717, 1.165) is 0 Å². The monoisotopic (exact) mass is 333 g/mol. The van der Waals surface area contributed by atoms with Gasteiger partial charge in [-0.15, -0.1) is 0 Å². The minimum Gasteiger partial charge on any atom is -0.506 e. The molecule has 2 aromatic rings. The van der Waals surface area contributed by atoms with Crippen molar-refractivity contribution in [1.29, 1.82) is 0 Å². The lowest BCUT2D eigenvalue weighted by Gasteiger charge is -2.10. The van der Waals surface area contributed by atoms with E-state index in [2.05, 4.69) is 41.2 Å². The normalized spacial score (nSPS) is 9.75. The predicted octanol–water partition coefficient (Wildman–Crippen LogP) is 0.962. The number of hydrogen-bond donors (Lipinski definition) is 5. The summed E-state index contributed by atoms with van der Waals surface area (Å²) in [4.78, 5) is 33.7. The van der Waals surface area contributed by atoms with Crippen LogP contribution < -0.4 is 21.5 Å². The number of hydrazine groups is 1. The number of phenols is 1. The van der Waals surface area contributed by atoms with Gasteiger partial charge < -0.3 is 20.5 Å². The number of carbonyl (C=O) groups excluding carboxylic acids is 2. The molecule has 0 aliphatic heterocycles. The second-order valence-electron chi connectivity index (χ2n) is 4.41. The molecule has 0 radical (unpaired) electrons. The highest BCUT2D eigenvalue weighted by Crippen LogP contribution is 2.27. The van der Waals surface area contributed by atoms with E-state index in [4.69, 9.17) is 0 Å². The van der Waals surface area contributed by atoms with E-state index in [9.17, 15) is 14.7 Å². The molecule has 0 spiro atoms. The average Bonchev–Trinajstić information content (AvgIpc) is 2.55. The number of aromatic nitrogens is 3. The number of ether oxygens (including phenoxy) is 1. The van der Waals surface area contributed by atoms with Gasteiger partial charge in [-0.05, 0) is 12.1 Å². The number of carbonyl (C=O) groups is 2. The first-order valence-electron chi connectivity index (χ1n) is 6.64. The van der Waals surface area contributed by atoms with Gasteiger partial charge in [0, 0.05) is 18.7 Å². The summed E-state index contributed by atoms with van der Waals surface area (Å²) >= 11 is 0. The minimum absolute atomic E-state index is 0.0805. The Morgan fingerprint density at radius 1 is 1.21 bits per heavy atom. The molecule has 1 aromatic heterocycles. The Kier molecular flexibility index (Phi) is 5.28. The predicted molar refractivity (Wildman–Crippen MR) is 84.7 cm³/mol. The maximum absolute atomic E-state index is 11.0. The third-order valence-electron chi connectivity index (χ3n) is 2.60. The number of methoxy groups -OCH3 is 1. The number of nitrogens with zero attached hydrogens (tertiary/aromatic N) is 3. The Labute approximate surface area is 136 Å². The Morgan fingerprint density at radius 3 is 2.62 bits per heavy atom. The smallest absolute Gasteiger partial charge is 0.425 e. The van der Waals surface area contributed by atoms with Gasteiger partial charge in [0.05, 0.1) is 12.8 Å². The molecule has 126 valence electrons. The van der Waals surface area contributed by atoms with Crippen LogP contribution in [0.3, 0.4) is 0 Å². The first-order chi connectivity index (χ1) is 11.5. The van der Waals surface area contributed by atoms with Gasteiger partial charge >= 0.3 is 6.09 Å². The minimum atomic E-state index is -0.705. The fourth-order valence-corrected chi connectivity index (χ4v) is 1.61. The van der Waals surface area contributed by atoms with Crippen LogP contribution in [0.25, 0.3) is 0 Å². The molecule has 24 heavy (non-hydrogen) atoms. The van der Waals surface area contributed by atoms with Gasteiger partial charge in [0.25, 0.3) is 0 Å². The van der Waals surface area contributed by atoms with E-state index in [0.29, 0.717) is 5.69 Å². The first kappa shape index (κ1) is 16.7. The summed E-state index contributed by atoms with van der Waals surface area (Å²) < 4.78 is 4.39. The number of phenolic OH excluding ortho intramolecular Hbond substituents is 1. The van der Waals surface area contributed by atoms with Crippen molar-refractivity contribution in [3.8, 4) is 5.75 Å². The molecule has 0 saturated heterocycles. The van der Waals surface area contributed by atoms with Gasteiger partial charge in [0.2, 0.25) is 17.8 Å². The number of rotatable bonds is 5. The van der Waals surface area contributed by atoms with Gasteiger partial charge in [0.15, 0.2) is 0 Å².